The average molecular weight is 676 g/mol. The third-order valence-corrected chi connectivity index (χ3v) is 11.2. The minimum Gasteiger partial charge on any atom is -0.497 e. The van der Waals surface area contributed by atoms with Gasteiger partial charge >= 0.3 is 12.1 Å². The molecule has 0 spiro atoms. The molecule has 4 atom stereocenters. The molecule has 12 heteroatoms. The number of halogens is 4. The van der Waals surface area contributed by atoms with E-state index in [1.165, 1.54) is 6.07 Å². The molecule has 3 aliphatic heterocycles. The summed E-state index contributed by atoms with van der Waals surface area (Å²) in [7, 11) is 3.11. The first-order valence-corrected chi connectivity index (χ1v) is 17.0. The van der Waals surface area contributed by atoms with Crippen molar-refractivity contribution in [1.29, 1.82) is 0 Å². The van der Waals surface area contributed by atoms with Gasteiger partial charge in [-0.25, -0.2) is 4.39 Å². The van der Waals surface area contributed by atoms with Crippen LogP contribution in [0.1, 0.15) is 67.1 Å². The summed E-state index contributed by atoms with van der Waals surface area (Å²) in [6, 6.07) is 11.1. The van der Waals surface area contributed by atoms with Gasteiger partial charge in [0.25, 0.3) is 5.91 Å². The summed E-state index contributed by atoms with van der Waals surface area (Å²) in [6.07, 6.45) is 0.173. The van der Waals surface area contributed by atoms with E-state index in [1.54, 1.807) is 31.3 Å². The van der Waals surface area contributed by atoms with Crippen molar-refractivity contribution >= 4 is 17.6 Å². The standard InChI is InChI=1S/C36H45F4N3O5/c1-47-21-25-18-42(19-30(25)29-12-9-26(36(38,39)40)17-32(29)41-15-13-24(14-16-41)33(44)45)34(46)35(37)22-43(27-5-3-4-6-27)20-31(35)23-7-10-28(48-2)11-8-23/h7-12,17,24-25,27,30-31H,3-6,13-16,18-22H2,1-2H3,(H,44,45)/t25?,30?,31-,35-/m0/s1. The Morgan fingerprint density at radius 3 is 2.25 bits per heavy atom. The van der Waals surface area contributed by atoms with Crippen LogP contribution in [0, 0.1) is 11.8 Å². The molecule has 1 aliphatic carbocycles. The van der Waals surface area contributed by atoms with Gasteiger partial charge in [-0.15, -0.1) is 0 Å². The van der Waals surface area contributed by atoms with Gasteiger partial charge in [-0.3, -0.25) is 14.5 Å². The van der Waals surface area contributed by atoms with Crippen LogP contribution in [-0.2, 0) is 20.5 Å². The number of benzene rings is 2. The smallest absolute Gasteiger partial charge is 0.416 e. The van der Waals surface area contributed by atoms with Crippen LogP contribution in [0.25, 0.3) is 0 Å². The number of rotatable bonds is 9. The van der Waals surface area contributed by atoms with Gasteiger partial charge in [-0.1, -0.05) is 31.0 Å². The van der Waals surface area contributed by atoms with Gasteiger partial charge in [-0.2, -0.15) is 13.2 Å². The summed E-state index contributed by atoms with van der Waals surface area (Å²) in [5, 5.41) is 9.49. The van der Waals surface area contributed by atoms with Gasteiger partial charge < -0.3 is 24.4 Å². The molecular formula is C36H45F4N3O5. The molecule has 3 heterocycles. The van der Waals surface area contributed by atoms with Gasteiger partial charge in [-0.05, 0) is 61.1 Å². The highest BCUT2D eigenvalue weighted by atomic mass is 19.4. The molecule has 3 saturated heterocycles. The van der Waals surface area contributed by atoms with E-state index in [0.29, 0.717) is 49.5 Å². The van der Waals surface area contributed by atoms with Crippen LogP contribution in [0.3, 0.4) is 0 Å². The number of alkyl halides is 4. The molecule has 4 fully saturated rings. The molecule has 4 aliphatic rings. The first-order chi connectivity index (χ1) is 22.9. The lowest BCUT2D eigenvalue weighted by molar-refractivity contribution is -0.143. The fourth-order valence-electron chi connectivity index (χ4n) is 8.53. The summed E-state index contributed by atoms with van der Waals surface area (Å²) < 4.78 is 70.3. The van der Waals surface area contributed by atoms with Gasteiger partial charge in [0.05, 0.1) is 25.2 Å². The maximum atomic E-state index is 17.6. The largest absolute Gasteiger partial charge is 0.497 e. The third-order valence-electron chi connectivity index (χ3n) is 11.2. The van der Waals surface area contributed by atoms with E-state index in [-0.39, 0.29) is 38.2 Å². The number of carboxylic acid groups (broad SMARTS) is 1. The summed E-state index contributed by atoms with van der Waals surface area (Å²) >= 11 is 0. The van der Waals surface area contributed by atoms with Crippen LogP contribution in [0.15, 0.2) is 42.5 Å². The Hall–Kier alpha value is -3.38. The molecule has 2 aromatic rings. The van der Waals surface area contributed by atoms with Crippen molar-refractivity contribution in [1.82, 2.24) is 9.80 Å². The predicted molar refractivity (Wildman–Crippen MR) is 172 cm³/mol. The number of carbonyl (C=O) groups is 2. The van der Waals surface area contributed by atoms with Crippen LogP contribution in [0.5, 0.6) is 5.75 Å². The molecule has 6 rings (SSSR count). The summed E-state index contributed by atoms with van der Waals surface area (Å²) in [4.78, 5) is 31.6. The predicted octanol–water partition coefficient (Wildman–Crippen LogP) is 5.95. The molecule has 48 heavy (non-hydrogen) atoms. The number of hydrogen-bond donors (Lipinski definition) is 1. The number of likely N-dealkylation sites (tertiary alicyclic amines) is 2. The maximum absolute atomic E-state index is 17.6. The number of amides is 1. The Labute approximate surface area is 279 Å². The first-order valence-electron chi connectivity index (χ1n) is 17.0. The molecule has 0 bridgehead atoms. The fourth-order valence-corrected chi connectivity index (χ4v) is 8.53. The summed E-state index contributed by atoms with van der Waals surface area (Å²) in [6.45, 7) is 1.60. The number of piperidine rings is 1. The van der Waals surface area contributed by atoms with E-state index < -0.39 is 47.0 Å². The van der Waals surface area contributed by atoms with Gasteiger partial charge in [0.15, 0.2) is 0 Å². The topological polar surface area (TPSA) is 82.6 Å². The number of nitrogens with zero attached hydrogens (tertiary/aromatic N) is 3. The summed E-state index contributed by atoms with van der Waals surface area (Å²) in [5.41, 5.74) is -1.24. The van der Waals surface area contributed by atoms with Gasteiger partial charge in [0.2, 0.25) is 5.67 Å². The maximum Gasteiger partial charge on any atom is 0.416 e. The molecular weight excluding hydrogens is 630 g/mol. The van der Waals surface area contributed by atoms with E-state index >= 15 is 4.39 Å². The molecule has 8 nitrogen and oxygen atoms in total. The fraction of sp³-hybridized carbons (Fsp3) is 0.611. The van der Waals surface area contributed by atoms with Crippen LogP contribution >= 0.6 is 0 Å². The Kier molecular flexibility index (Phi) is 9.95. The minimum atomic E-state index is -4.57. The molecule has 0 radical (unpaired) electrons. The number of aliphatic carboxylic acids is 1. The van der Waals surface area contributed by atoms with Gasteiger partial charge in [0.1, 0.15) is 5.75 Å². The first kappa shape index (κ1) is 34.5. The van der Waals surface area contributed by atoms with E-state index in [0.717, 1.165) is 43.4 Å². The van der Waals surface area contributed by atoms with Crippen LogP contribution in [0.2, 0.25) is 0 Å². The molecule has 1 saturated carbocycles. The van der Waals surface area contributed by atoms with E-state index in [1.807, 2.05) is 17.0 Å². The van der Waals surface area contributed by atoms with Crippen LogP contribution in [-0.4, -0.2) is 98.6 Å². The number of ether oxygens (including phenoxy) is 2. The zero-order valence-corrected chi connectivity index (χ0v) is 27.6. The van der Waals surface area contributed by atoms with Crippen molar-refractivity contribution in [3.63, 3.8) is 0 Å². The quantitative estimate of drug-likeness (QED) is 0.329. The second kappa shape index (κ2) is 13.9. The monoisotopic (exact) mass is 675 g/mol. The Morgan fingerprint density at radius 2 is 1.65 bits per heavy atom. The second-order valence-electron chi connectivity index (χ2n) is 14.0. The number of carbonyl (C=O) groups excluding carboxylic acids is 1. The average Bonchev–Trinajstić information content (AvgIpc) is 3.84. The van der Waals surface area contributed by atoms with Crippen LogP contribution in [0.4, 0.5) is 23.2 Å². The number of carboxylic acids is 1. The van der Waals surface area contributed by atoms with Crippen molar-refractivity contribution in [3.05, 3.63) is 59.2 Å². The molecule has 0 aromatic heterocycles. The van der Waals surface area contributed by atoms with Crippen LogP contribution < -0.4 is 9.64 Å². The number of methoxy groups -OCH3 is 2. The highest BCUT2D eigenvalue weighted by Gasteiger charge is 2.57. The van der Waals surface area contributed by atoms with E-state index in [4.69, 9.17) is 9.47 Å². The lowest BCUT2D eigenvalue weighted by Gasteiger charge is -2.35. The summed E-state index contributed by atoms with van der Waals surface area (Å²) in [5.74, 6) is -2.78. The van der Waals surface area contributed by atoms with Crippen molar-refractivity contribution in [2.75, 3.05) is 65.0 Å². The molecule has 2 aromatic carbocycles. The van der Waals surface area contributed by atoms with E-state index in [2.05, 4.69) is 4.90 Å². The lowest BCUT2D eigenvalue weighted by Crippen LogP contribution is -2.50. The Balaban J connectivity index is 1.31. The molecule has 262 valence electrons. The van der Waals surface area contributed by atoms with Crippen molar-refractivity contribution in [3.8, 4) is 5.75 Å². The van der Waals surface area contributed by atoms with Gasteiger partial charge in [0, 0.05) is 75.9 Å². The molecule has 1 amide bonds. The molecule has 1 N–H and O–H groups in total. The highest BCUT2D eigenvalue weighted by Crippen LogP contribution is 2.47. The Morgan fingerprint density at radius 1 is 0.958 bits per heavy atom. The SMILES string of the molecule is COCC1CN(C(=O)[C@]2(F)CN(C3CCCC3)C[C@H]2c2ccc(OC)cc2)CC1c1ccc(C(F)(F)F)cc1N1CCC(C(=O)O)CC1. The highest BCUT2D eigenvalue weighted by molar-refractivity contribution is 5.88. The normalized spacial score (nSPS) is 27.6. The third kappa shape index (κ3) is 6.75. The zero-order valence-electron chi connectivity index (χ0n) is 27.6. The number of anilines is 1. The number of hydrogen-bond acceptors (Lipinski definition) is 6. The van der Waals surface area contributed by atoms with E-state index in [9.17, 15) is 27.9 Å². The molecule has 2 unspecified atom stereocenters. The Bertz CT molecular complexity index is 1460. The lowest BCUT2D eigenvalue weighted by atomic mass is 9.85. The van der Waals surface area contributed by atoms with Crippen molar-refractivity contribution < 1.29 is 41.7 Å². The zero-order chi connectivity index (χ0) is 34.2. The van der Waals surface area contributed by atoms with Crippen molar-refractivity contribution in [2.24, 2.45) is 11.8 Å². The van der Waals surface area contributed by atoms with Crippen molar-refractivity contribution in [2.45, 2.75) is 68.2 Å². The second-order valence-corrected chi connectivity index (χ2v) is 14.0. The minimum absolute atomic E-state index is 0.00659.